The van der Waals surface area contributed by atoms with Gasteiger partial charge >= 0.3 is 5.97 Å². The van der Waals surface area contributed by atoms with Crippen LogP contribution in [0, 0.1) is 0 Å². The molecule has 18 heavy (non-hydrogen) atoms. The van der Waals surface area contributed by atoms with Gasteiger partial charge in [-0.2, -0.15) is 0 Å². The second-order valence-corrected chi connectivity index (χ2v) is 4.49. The Balaban J connectivity index is 2.83. The molecule has 0 unspecified atom stereocenters. The first-order chi connectivity index (χ1) is 8.54. The van der Waals surface area contributed by atoms with Crippen molar-refractivity contribution in [3.05, 3.63) is 24.0 Å². The molecule has 5 nitrogen and oxygen atoms in total. The lowest BCUT2D eigenvalue weighted by Crippen LogP contribution is -2.32. The number of aromatic nitrogens is 1. The molecule has 0 fully saturated rings. The molecule has 0 bridgehead atoms. The molecule has 0 amide bonds. The molecule has 1 aromatic rings. The summed E-state index contributed by atoms with van der Waals surface area (Å²) in [6.45, 7) is 4.84. The quantitative estimate of drug-likeness (QED) is 0.797. The Morgan fingerprint density at radius 1 is 1.33 bits per heavy atom. The molecule has 0 aliphatic carbocycles. The molecule has 0 aromatic carbocycles. The number of carboxylic acids is 1. The standard InChI is InChI=1S/C13H21N3O2/c1-4-7-16(9-8-15(2)3)11-5-6-14-12(10-11)13(17)18/h5-6,10H,4,7-9H2,1-3H3,(H,17,18). The van der Waals surface area contributed by atoms with E-state index in [4.69, 9.17) is 5.11 Å². The van der Waals surface area contributed by atoms with Gasteiger partial charge < -0.3 is 14.9 Å². The number of nitrogens with zero attached hydrogens (tertiary/aromatic N) is 3. The van der Waals surface area contributed by atoms with Gasteiger partial charge in [0, 0.05) is 31.5 Å². The molecule has 0 aliphatic heterocycles. The van der Waals surface area contributed by atoms with Gasteiger partial charge in [0.15, 0.2) is 0 Å². The molecule has 1 N–H and O–H groups in total. The minimum absolute atomic E-state index is 0.0958. The number of rotatable bonds is 7. The van der Waals surface area contributed by atoms with Crippen molar-refractivity contribution >= 4 is 11.7 Å². The van der Waals surface area contributed by atoms with Gasteiger partial charge in [0.05, 0.1) is 0 Å². The number of carboxylic acid groups (broad SMARTS) is 1. The fraction of sp³-hybridized carbons (Fsp3) is 0.538. The number of hydrogen-bond acceptors (Lipinski definition) is 4. The van der Waals surface area contributed by atoms with Gasteiger partial charge in [-0.1, -0.05) is 6.92 Å². The lowest BCUT2D eigenvalue weighted by molar-refractivity contribution is 0.0690. The van der Waals surface area contributed by atoms with Crippen LogP contribution >= 0.6 is 0 Å². The Labute approximate surface area is 108 Å². The number of aromatic carboxylic acids is 1. The summed E-state index contributed by atoms with van der Waals surface area (Å²) < 4.78 is 0. The Bertz CT molecular complexity index is 394. The van der Waals surface area contributed by atoms with Crippen LogP contribution in [0.3, 0.4) is 0 Å². The summed E-state index contributed by atoms with van der Waals surface area (Å²) in [6.07, 6.45) is 2.58. The number of anilines is 1. The number of pyridine rings is 1. The van der Waals surface area contributed by atoms with Crippen LogP contribution in [-0.2, 0) is 0 Å². The van der Waals surface area contributed by atoms with Crippen LogP contribution < -0.4 is 4.90 Å². The first-order valence-electron chi connectivity index (χ1n) is 6.13. The Kier molecular flexibility index (Phi) is 5.58. The zero-order chi connectivity index (χ0) is 13.5. The van der Waals surface area contributed by atoms with Crippen LogP contribution in [0.15, 0.2) is 18.3 Å². The van der Waals surface area contributed by atoms with E-state index in [1.54, 1.807) is 12.3 Å². The van der Waals surface area contributed by atoms with Crippen molar-refractivity contribution in [3.8, 4) is 0 Å². The van der Waals surface area contributed by atoms with Crippen LogP contribution in [-0.4, -0.2) is 54.7 Å². The summed E-state index contributed by atoms with van der Waals surface area (Å²) in [5.41, 5.74) is 1.02. The summed E-state index contributed by atoms with van der Waals surface area (Å²) in [7, 11) is 4.05. The van der Waals surface area contributed by atoms with E-state index >= 15 is 0 Å². The minimum atomic E-state index is -0.985. The lowest BCUT2D eigenvalue weighted by Gasteiger charge is -2.26. The van der Waals surface area contributed by atoms with Gasteiger partial charge in [-0.25, -0.2) is 9.78 Å². The molecule has 1 aromatic heterocycles. The summed E-state index contributed by atoms with van der Waals surface area (Å²) in [6, 6.07) is 3.49. The van der Waals surface area contributed by atoms with Gasteiger partial charge in [-0.3, -0.25) is 0 Å². The highest BCUT2D eigenvalue weighted by molar-refractivity contribution is 5.86. The largest absolute Gasteiger partial charge is 0.477 e. The van der Waals surface area contributed by atoms with E-state index in [0.29, 0.717) is 0 Å². The van der Waals surface area contributed by atoms with Crippen molar-refractivity contribution in [2.75, 3.05) is 38.6 Å². The van der Waals surface area contributed by atoms with E-state index in [-0.39, 0.29) is 5.69 Å². The minimum Gasteiger partial charge on any atom is -0.477 e. The first-order valence-corrected chi connectivity index (χ1v) is 6.13. The normalized spacial score (nSPS) is 10.7. The number of carbonyl (C=O) groups is 1. The highest BCUT2D eigenvalue weighted by atomic mass is 16.4. The molecule has 5 heteroatoms. The van der Waals surface area contributed by atoms with Crippen LogP contribution in [0.1, 0.15) is 23.8 Å². The average molecular weight is 251 g/mol. The summed E-state index contributed by atoms with van der Waals surface area (Å²) in [5.74, 6) is -0.985. The Morgan fingerprint density at radius 2 is 2.06 bits per heavy atom. The average Bonchev–Trinajstić information content (AvgIpc) is 2.34. The molecule has 1 heterocycles. The van der Waals surface area contributed by atoms with E-state index in [9.17, 15) is 4.79 Å². The molecule has 0 aliphatic rings. The van der Waals surface area contributed by atoms with E-state index in [1.165, 1.54) is 0 Å². The second kappa shape index (κ2) is 6.96. The molecular formula is C13H21N3O2. The zero-order valence-corrected chi connectivity index (χ0v) is 11.3. The predicted octanol–water partition coefficient (Wildman–Crippen LogP) is 1.56. The fourth-order valence-corrected chi connectivity index (χ4v) is 1.69. The van der Waals surface area contributed by atoms with Crippen molar-refractivity contribution in [1.82, 2.24) is 9.88 Å². The fourth-order valence-electron chi connectivity index (χ4n) is 1.69. The molecule has 0 radical (unpaired) electrons. The number of likely N-dealkylation sites (N-methyl/N-ethyl adjacent to an activating group) is 1. The highest BCUT2D eigenvalue weighted by Gasteiger charge is 2.10. The molecule has 1 rings (SSSR count). The van der Waals surface area contributed by atoms with Gasteiger partial charge in [-0.15, -0.1) is 0 Å². The van der Waals surface area contributed by atoms with Gasteiger partial charge in [0.25, 0.3) is 0 Å². The molecule has 100 valence electrons. The van der Waals surface area contributed by atoms with Crippen LogP contribution in [0.5, 0.6) is 0 Å². The molecule has 0 saturated carbocycles. The first kappa shape index (κ1) is 14.4. The van der Waals surface area contributed by atoms with Crippen molar-refractivity contribution in [2.45, 2.75) is 13.3 Å². The summed E-state index contributed by atoms with van der Waals surface area (Å²) in [4.78, 5) is 19.1. The van der Waals surface area contributed by atoms with Crippen molar-refractivity contribution in [3.63, 3.8) is 0 Å². The van der Waals surface area contributed by atoms with E-state index < -0.39 is 5.97 Å². The van der Waals surface area contributed by atoms with Crippen molar-refractivity contribution in [2.24, 2.45) is 0 Å². The maximum atomic E-state index is 10.9. The topological polar surface area (TPSA) is 56.7 Å². The summed E-state index contributed by atoms with van der Waals surface area (Å²) >= 11 is 0. The lowest BCUT2D eigenvalue weighted by atomic mass is 10.2. The second-order valence-electron chi connectivity index (χ2n) is 4.49. The van der Waals surface area contributed by atoms with Crippen LogP contribution in [0.25, 0.3) is 0 Å². The predicted molar refractivity (Wildman–Crippen MR) is 72.3 cm³/mol. The molecule has 0 spiro atoms. The van der Waals surface area contributed by atoms with E-state index in [2.05, 4.69) is 21.7 Å². The highest BCUT2D eigenvalue weighted by Crippen LogP contribution is 2.15. The maximum absolute atomic E-state index is 10.9. The third-order valence-electron chi connectivity index (χ3n) is 2.64. The maximum Gasteiger partial charge on any atom is 0.354 e. The van der Waals surface area contributed by atoms with E-state index in [1.807, 2.05) is 20.2 Å². The zero-order valence-electron chi connectivity index (χ0n) is 11.3. The molecule has 0 saturated heterocycles. The molecular weight excluding hydrogens is 230 g/mol. The van der Waals surface area contributed by atoms with Crippen molar-refractivity contribution < 1.29 is 9.90 Å². The third-order valence-corrected chi connectivity index (χ3v) is 2.64. The van der Waals surface area contributed by atoms with E-state index in [0.717, 1.165) is 31.7 Å². The number of hydrogen-bond donors (Lipinski definition) is 1. The Morgan fingerprint density at radius 3 is 2.61 bits per heavy atom. The monoisotopic (exact) mass is 251 g/mol. The van der Waals surface area contributed by atoms with Gasteiger partial charge in [0.1, 0.15) is 5.69 Å². The van der Waals surface area contributed by atoms with Crippen LogP contribution in [0.2, 0.25) is 0 Å². The van der Waals surface area contributed by atoms with Gasteiger partial charge in [0.2, 0.25) is 0 Å². The van der Waals surface area contributed by atoms with Gasteiger partial charge in [-0.05, 0) is 32.6 Å². The SMILES string of the molecule is CCCN(CCN(C)C)c1ccnc(C(=O)O)c1. The Hall–Kier alpha value is -1.62. The third kappa shape index (κ3) is 4.33. The summed E-state index contributed by atoms with van der Waals surface area (Å²) in [5, 5.41) is 8.95. The van der Waals surface area contributed by atoms with Crippen molar-refractivity contribution in [1.29, 1.82) is 0 Å². The smallest absolute Gasteiger partial charge is 0.354 e. The molecule has 0 atom stereocenters. The van der Waals surface area contributed by atoms with Crippen LogP contribution in [0.4, 0.5) is 5.69 Å².